The Bertz CT molecular complexity index is 1160. The van der Waals surface area contributed by atoms with Gasteiger partial charge in [-0.3, -0.25) is 19.7 Å². The van der Waals surface area contributed by atoms with Gasteiger partial charge in [0.2, 0.25) is 11.8 Å². The topological polar surface area (TPSA) is 115 Å². The number of nitrogens with zero attached hydrogens (tertiary/aromatic N) is 6. The molecule has 1 atom stereocenters. The summed E-state index contributed by atoms with van der Waals surface area (Å²) in [4.78, 5) is 42.2. The fraction of sp³-hybridized carbons (Fsp3) is 0.263. The third-order valence-corrected chi connectivity index (χ3v) is 5.38. The molecular formula is C19H17N7O3. The molecule has 5 rings (SSSR count). The van der Waals surface area contributed by atoms with Crippen molar-refractivity contribution in [1.82, 2.24) is 34.8 Å². The minimum Gasteiger partial charge on any atom is -0.332 e. The van der Waals surface area contributed by atoms with E-state index in [2.05, 4.69) is 20.6 Å². The van der Waals surface area contributed by atoms with Crippen molar-refractivity contribution >= 4 is 17.7 Å². The number of piperidine rings is 1. The van der Waals surface area contributed by atoms with Crippen LogP contribution in [0.5, 0.6) is 0 Å². The molecule has 1 saturated heterocycles. The Labute approximate surface area is 165 Å². The van der Waals surface area contributed by atoms with Crippen LogP contribution in [0.3, 0.4) is 0 Å². The summed E-state index contributed by atoms with van der Waals surface area (Å²) in [6, 6.07) is 4.74. The molecule has 29 heavy (non-hydrogen) atoms. The van der Waals surface area contributed by atoms with Crippen LogP contribution < -0.4 is 5.32 Å². The van der Waals surface area contributed by atoms with Crippen LogP contribution in [-0.4, -0.2) is 53.2 Å². The van der Waals surface area contributed by atoms with Gasteiger partial charge < -0.3 is 9.47 Å². The van der Waals surface area contributed by atoms with E-state index in [1.165, 1.54) is 4.90 Å². The average molecular weight is 391 g/mol. The van der Waals surface area contributed by atoms with Gasteiger partial charge in [-0.05, 0) is 18.6 Å². The maximum atomic E-state index is 12.9. The molecule has 0 spiro atoms. The van der Waals surface area contributed by atoms with Crippen molar-refractivity contribution < 1.29 is 14.4 Å². The summed E-state index contributed by atoms with van der Waals surface area (Å²) in [5, 5.41) is 10.8. The van der Waals surface area contributed by atoms with Crippen LogP contribution in [0.25, 0.3) is 17.1 Å². The number of carbonyl (C=O) groups excluding carboxylic acids is 3. The summed E-state index contributed by atoms with van der Waals surface area (Å²) in [6.45, 7) is 0.275. The van der Waals surface area contributed by atoms with Gasteiger partial charge in [-0.1, -0.05) is 11.3 Å². The molecule has 1 unspecified atom stereocenters. The SMILES string of the molecule is Cn1cncc1-c1cn(-c2cccc3c2CN(C2CCC(=O)NC2=O)C3=O)nn1. The van der Waals surface area contributed by atoms with Crippen LogP contribution in [0.4, 0.5) is 0 Å². The molecular weight excluding hydrogens is 374 g/mol. The normalized spacial score (nSPS) is 18.9. The highest BCUT2D eigenvalue weighted by Gasteiger charge is 2.40. The monoisotopic (exact) mass is 391 g/mol. The van der Waals surface area contributed by atoms with Gasteiger partial charge in [0.15, 0.2) is 0 Å². The Morgan fingerprint density at radius 3 is 2.83 bits per heavy atom. The first-order valence-corrected chi connectivity index (χ1v) is 9.19. The lowest BCUT2D eigenvalue weighted by Crippen LogP contribution is -2.52. The molecule has 10 heteroatoms. The summed E-state index contributed by atoms with van der Waals surface area (Å²) < 4.78 is 3.47. The van der Waals surface area contributed by atoms with Crippen molar-refractivity contribution in [2.45, 2.75) is 25.4 Å². The van der Waals surface area contributed by atoms with Gasteiger partial charge in [0.1, 0.15) is 11.7 Å². The van der Waals surface area contributed by atoms with Gasteiger partial charge in [0, 0.05) is 31.1 Å². The van der Waals surface area contributed by atoms with Crippen molar-refractivity contribution in [2.75, 3.05) is 0 Å². The highest BCUT2D eigenvalue weighted by Crippen LogP contribution is 2.31. The lowest BCUT2D eigenvalue weighted by Gasteiger charge is -2.29. The maximum absolute atomic E-state index is 12.9. The molecule has 10 nitrogen and oxygen atoms in total. The molecule has 2 aliphatic rings. The molecule has 0 saturated carbocycles. The Kier molecular flexibility index (Phi) is 3.79. The van der Waals surface area contributed by atoms with E-state index in [1.54, 1.807) is 35.5 Å². The van der Waals surface area contributed by atoms with E-state index in [9.17, 15) is 14.4 Å². The summed E-state index contributed by atoms with van der Waals surface area (Å²) >= 11 is 0. The van der Waals surface area contributed by atoms with Crippen LogP contribution in [0.2, 0.25) is 0 Å². The second-order valence-corrected chi connectivity index (χ2v) is 7.14. The average Bonchev–Trinajstić information content (AvgIpc) is 3.41. The molecule has 4 heterocycles. The number of amides is 3. The van der Waals surface area contributed by atoms with E-state index in [0.717, 1.165) is 16.9 Å². The molecule has 0 aliphatic carbocycles. The van der Waals surface area contributed by atoms with E-state index in [1.807, 2.05) is 17.7 Å². The number of imide groups is 1. The molecule has 0 radical (unpaired) electrons. The highest BCUT2D eigenvalue weighted by atomic mass is 16.2. The standard InChI is InChI=1S/C19H17N7O3/c1-24-10-20-7-16(24)13-9-26(23-22-13)14-4-2-3-11-12(14)8-25(19(11)29)15-5-6-17(27)21-18(15)28/h2-4,7,9-10,15H,5-6,8H2,1H3,(H,21,27,28). The van der Waals surface area contributed by atoms with Crippen molar-refractivity contribution in [3.05, 3.63) is 48.0 Å². The number of benzene rings is 1. The van der Waals surface area contributed by atoms with Gasteiger partial charge in [-0.2, -0.15) is 0 Å². The number of aryl methyl sites for hydroxylation is 1. The molecule has 146 valence electrons. The fourth-order valence-electron chi connectivity index (χ4n) is 3.89. The molecule has 3 amide bonds. The Morgan fingerprint density at radius 1 is 1.21 bits per heavy atom. The number of hydrogen-bond donors (Lipinski definition) is 1. The highest BCUT2D eigenvalue weighted by molar-refractivity contribution is 6.05. The lowest BCUT2D eigenvalue weighted by atomic mass is 10.0. The Balaban J connectivity index is 1.49. The number of carbonyl (C=O) groups is 3. The van der Waals surface area contributed by atoms with Gasteiger partial charge in [-0.15, -0.1) is 5.10 Å². The Morgan fingerprint density at radius 2 is 2.07 bits per heavy atom. The predicted octanol–water partition coefficient (Wildman–Crippen LogP) is 0.429. The third kappa shape index (κ3) is 2.72. The summed E-state index contributed by atoms with van der Waals surface area (Å²) in [6.07, 6.45) is 5.73. The second-order valence-electron chi connectivity index (χ2n) is 7.14. The predicted molar refractivity (Wildman–Crippen MR) is 99.6 cm³/mol. The van der Waals surface area contributed by atoms with Crippen LogP contribution in [0.15, 0.2) is 36.9 Å². The fourth-order valence-corrected chi connectivity index (χ4v) is 3.89. The molecule has 1 N–H and O–H groups in total. The summed E-state index contributed by atoms with van der Waals surface area (Å²) in [5.41, 5.74) is 3.53. The van der Waals surface area contributed by atoms with Gasteiger partial charge in [0.25, 0.3) is 5.91 Å². The van der Waals surface area contributed by atoms with E-state index < -0.39 is 11.9 Å². The molecule has 1 aromatic carbocycles. The summed E-state index contributed by atoms with van der Waals surface area (Å²) in [5.74, 6) is -0.951. The van der Waals surface area contributed by atoms with Crippen molar-refractivity contribution in [3.8, 4) is 17.1 Å². The number of imidazole rings is 1. The maximum Gasteiger partial charge on any atom is 0.255 e. The van der Waals surface area contributed by atoms with Crippen LogP contribution in [0.1, 0.15) is 28.8 Å². The van der Waals surface area contributed by atoms with Gasteiger partial charge in [-0.25, -0.2) is 9.67 Å². The first-order valence-electron chi connectivity index (χ1n) is 9.19. The quantitative estimate of drug-likeness (QED) is 0.648. The van der Waals surface area contributed by atoms with Gasteiger partial charge >= 0.3 is 0 Å². The lowest BCUT2D eigenvalue weighted by molar-refractivity contribution is -0.136. The zero-order chi connectivity index (χ0) is 20.1. The van der Waals surface area contributed by atoms with Crippen molar-refractivity contribution in [3.63, 3.8) is 0 Å². The number of nitrogens with one attached hydrogen (secondary N) is 1. The van der Waals surface area contributed by atoms with Crippen molar-refractivity contribution in [2.24, 2.45) is 7.05 Å². The number of rotatable bonds is 3. The largest absolute Gasteiger partial charge is 0.332 e. The smallest absolute Gasteiger partial charge is 0.255 e. The van der Waals surface area contributed by atoms with E-state index in [0.29, 0.717) is 17.7 Å². The van der Waals surface area contributed by atoms with Crippen LogP contribution in [0, 0.1) is 0 Å². The Hall–Kier alpha value is -3.82. The van der Waals surface area contributed by atoms with E-state index in [4.69, 9.17) is 0 Å². The van der Waals surface area contributed by atoms with Crippen LogP contribution >= 0.6 is 0 Å². The number of fused-ring (bicyclic) bond motifs is 1. The van der Waals surface area contributed by atoms with E-state index in [-0.39, 0.29) is 24.8 Å². The van der Waals surface area contributed by atoms with Gasteiger partial charge in [0.05, 0.1) is 30.1 Å². The molecule has 2 aliphatic heterocycles. The summed E-state index contributed by atoms with van der Waals surface area (Å²) in [7, 11) is 1.87. The minimum absolute atomic E-state index is 0.219. The molecule has 0 bridgehead atoms. The molecule has 1 fully saturated rings. The zero-order valence-electron chi connectivity index (χ0n) is 15.6. The van der Waals surface area contributed by atoms with Crippen molar-refractivity contribution in [1.29, 1.82) is 0 Å². The zero-order valence-corrected chi connectivity index (χ0v) is 15.6. The first-order chi connectivity index (χ1) is 14.0. The molecule has 3 aromatic rings. The second kappa shape index (κ2) is 6.36. The number of hydrogen-bond acceptors (Lipinski definition) is 6. The van der Waals surface area contributed by atoms with Crippen LogP contribution in [-0.2, 0) is 23.2 Å². The number of aromatic nitrogens is 5. The minimum atomic E-state index is -0.652. The van der Waals surface area contributed by atoms with E-state index >= 15 is 0 Å². The first kappa shape index (κ1) is 17.3. The molecule has 2 aromatic heterocycles. The third-order valence-electron chi connectivity index (χ3n) is 5.38.